The summed E-state index contributed by atoms with van der Waals surface area (Å²) in [6.45, 7) is 0.716. The lowest BCUT2D eigenvalue weighted by molar-refractivity contribution is 0.0481. The Hall–Kier alpha value is -1.46. The van der Waals surface area contributed by atoms with E-state index in [1.807, 2.05) is 0 Å². The van der Waals surface area contributed by atoms with Gasteiger partial charge in [0.15, 0.2) is 0 Å². The molecule has 1 aromatic heterocycles. The second-order valence-electron chi connectivity index (χ2n) is 6.30. The van der Waals surface area contributed by atoms with Gasteiger partial charge in [-0.3, -0.25) is 4.98 Å². The average molecular weight is 289 g/mol. The predicted octanol–water partition coefficient (Wildman–Crippen LogP) is 1.88. The van der Waals surface area contributed by atoms with Crippen LogP contribution in [0.25, 0.3) is 0 Å². The maximum atomic E-state index is 10.8. The number of hydrogen-bond acceptors (Lipinski definition) is 4. The Bertz CT molecular complexity index is 489. The molecule has 2 atom stereocenters. The quantitative estimate of drug-likeness (QED) is 0.886. The molecule has 0 aliphatic carbocycles. The van der Waals surface area contributed by atoms with Gasteiger partial charge in [-0.1, -0.05) is 6.42 Å². The maximum absolute atomic E-state index is 10.8. The first-order chi connectivity index (χ1) is 10.1. The Labute approximate surface area is 125 Å². The molecule has 0 amide bonds. The van der Waals surface area contributed by atoms with Gasteiger partial charge < -0.3 is 15.3 Å². The van der Waals surface area contributed by atoms with Gasteiger partial charge in [0.1, 0.15) is 0 Å². The highest BCUT2D eigenvalue weighted by Crippen LogP contribution is 2.32. The van der Waals surface area contributed by atoms with Gasteiger partial charge in [-0.05, 0) is 44.9 Å². The molecule has 0 saturated carbocycles. The number of aromatic carboxylic acids is 1. The Kier molecular flexibility index (Phi) is 4.22. The molecule has 21 heavy (non-hydrogen) atoms. The van der Waals surface area contributed by atoms with Crippen LogP contribution in [0, 0.1) is 0 Å². The number of nitrogens with zero attached hydrogens (tertiary/aromatic N) is 2. The number of aromatic nitrogens is 1. The van der Waals surface area contributed by atoms with Crippen LogP contribution in [0.3, 0.4) is 0 Å². The van der Waals surface area contributed by atoms with E-state index >= 15 is 0 Å². The number of nitrogens with one attached hydrogen (secondary N) is 1. The fourth-order valence-corrected chi connectivity index (χ4v) is 3.69. The van der Waals surface area contributed by atoms with Crippen LogP contribution in [0.4, 0.5) is 0 Å². The number of piperidine rings is 2. The van der Waals surface area contributed by atoms with Gasteiger partial charge in [-0.15, -0.1) is 0 Å². The van der Waals surface area contributed by atoms with E-state index in [0.717, 1.165) is 17.8 Å². The third kappa shape index (κ3) is 3.24. The number of carboxylic acids is 1. The average Bonchev–Trinajstić information content (AvgIpc) is 2.46. The number of hydrogen-bond donors (Lipinski definition) is 2. The Balaban J connectivity index is 1.54. The Morgan fingerprint density at radius 3 is 2.67 bits per heavy atom. The zero-order valence-corrected chi connectivity index (χ0v) is 12.5. The van der Waals surface area contributed by atoms with Crippen LogP contribution < -0.4 is 5.32 Å². The smallest absolute Gasteiger partial charge is 0.337 e. The number of carboxylic acid groups (broad SMARTS) is 1. The Morgan fingerprint density at radius 2 is 2.10 bits per heavy atom. The van der Waals surface area contributed by atoms with E-state index < -0.39 is 5.97 Å². The molecule has 114 valence electrons. The van der Waals surface area contributed by atoms with Gasteiger partial charge in [0.2, 0.25) is 0 Å². The van der Waals surface area contributed by atoms with Gasteiger partial charge in [-0.25, -0.2) is 4.79 Å². The predicted molar refractivity (Wildman–Crippen MR) is 80.2 cm³/mol. The van der Waals surface area contributed by atoms with Crippen molar-refractivity contribution in [1.29, 1.82) is 0 Å². The van der Waals surface area contributed by atoms with Crippen LogP contribution in [0.15, 0.2) is 18.3 Å². The second kappa shape index (κ2) is 6.12. The lowest BCUT2D eigenvalue weighted by atomic mass is 9.82. The van der Waals surface area contributed by atoms with Gasteiger partial charge in [0, 0.05) is 30.9 Å². The Morgan fingerprint density at radius 1 is 1.38 bits per heavy atom. The summed E-state index contributed by atoms with van der Waals surface area (Å²) in [5.74, 6) is -0.926. The molecule has 0 spiro atoms. The molecule has 2 saturated heterocycles. The maximum Gasteiger partial charge on any atom is 0.337 e. The van der Waals surface area contributed by atoms with Gasteiger partial charge in [0.25, 0.3) is 0 Å². The molecule has 2 fully saturated rings. The van der Waals surface area contributed by atoms with Crippen LogP contribution in [0.5, 0.6) is 0 Å². The second-order valence-corrected chi connectivity index (χ2v) is 6.30. The molecule has 0 aromatic carbocycles. The molecule has 2 N–H and O–H groups in total. The van der Waals surface area contributed by atoms with Crippen molar-refractivity contribution in [2.24, 2.45) is 0 Å². The van der Waals surface area contributed by atoms with Crippen molar-refractivity contribution in [2.45, 2.75) is 56.8 Å². The minimum Gasteiger partial charge on any atom is -0.478 e. The van der Waals surface area contributed by atoms with Crippen molar-refractivity contribution in [2.75, 3.05) is 7.05 Å². The molecule has 3 rings (SSSR count). The van der Waals surface area contributed by atoms with Crippen molar-refractivity contribution in [1.82, 2.24) is 15.2 Å². The monoisotopic (exact) mass is 289 g/mol. The molecule has 2 unspecified atom stereocenters. The highest BCUT2D eigenvalue weighted by molar-refractivity contribution is 5.87. The van der Waals surface area contributed by atoms with Crippen molar-refractivity contribution in [3.63, 3.8) is 0 Å². The third-order valence-electron chi connectivity index (χ3n) is 4.98. The first-order valence-electron chi connectivity index (χ1n) is 7.77. The molecule has 5 heteroatoms. The molecule has 3 heterocycles. The normalized spacial score (nSPS) is 29.3. The molecule has 2 aliphatic rings. The van der Waals surface area contributed by atoms with E-state index in [9.17, 15) is 4.79 Å². The lowest BCUT2D eigenvalue weighted by Crippen LogP contribution is -2.54. The first-order valence-corrected chi connectivity index (χ1v) is 7.77. The van der Waals surface area contributed by atoms with E-state index in [1.54, 1.807) is 12.1 Å². The SMILES string of the molecule is CN1C2CCCC1CC(NCc1ccc(C(=O)O)cn1)C2. The van der Waals surface area contributed by atoms with E-state index in [1.165, 1.54) is 38.3 Å². The summed E-state index contributed by atoms with van der Waals surface area (Å²) in [4.78, 5) is 17.6. The molecule has 2 bridgehead atoms. The van der Waals surface area contributed by atoms with Crippen molar-refractivity contribution < 1.29 is 9.90 Å². The topological polar surface area (TPSA) is 65.5 Å². The standard InChI is InChI=1S/C16H23N3O2/c1-19-14-3-2-4-15(19)8-13(7-14)18-10-12-6-5-11(9-17-12)16(20)21/h5-6,9,13-15,18H,2-4,7-8,10H2,1H3,(H,20,21). The van der Waals surface area contributed by atoms with E-state index in [0.29, 0.717) is 12.6 Å². The van der Waals surface area contributed by atoms with E-state index in [2.05, 4.69) is 22.2 Å². The number of fused-ring (bicyclic) bond motifs is 2. The van der Waals surface area contributed by atoms with Crippen LogP contribution in [-0.2, 0) is 6.54 Å². The van der Waals surface area contributed by atoms with Crippen LogP contribution in [0.1, 0.15) is 48.2 Å². The molecule has 5 nitrogen and oxygen atoms in total. The highest BCUT2D eigenvalue weighted by Gasteiger charge is 2.35. The summed E-state index contributed by atoms with van der Waals surface area (Å²) in [6.07, 6.45) is 7.85. The first kappa shape index (κ1) is 14.5. The molecular weight excluding hydrogens is 266 g/mol. The third-order valence-corrected chi connectivity index (χ3v) is 4.98. The number of rotatable bonds is 4. The number of carbonyl (C=O) groups is 1. The minimum absolute atomic E-state index is 0.243. The fourth-order valence-electron chi connectivity index (χ4n) is 3.69. The van der Waals surface area contributed by atoms with Gasteiger partial charge in [-0.2, -0.15) is 0 Å². The van der Waals surface area contributed by atoms with Crippen LogP contribution >= 0.6 is 0 Å². The number of pyridine rings is 1. The van der Waals surface area contributed by atoms with Gasteiger partial charge in [0.05, 0.1) is 11.3 Å². The highest BCUT2D eigenvalue weighted by atomic mass is 16.4. The van der Waals surface area contributed by atoms with E-state index in [-0.39, 0.29) is 5.56 Å². The largest absolute Gasteiger partial charge is 0.478 e. The summed E-state index contributed by atoms with van der Waals surface area (Å²) < 4.78 is 0. The van der Waals surface area contributed by atoms with Gasteiger partial charge >= 0.3 is 5.97 Å². The zero-order chi connectivity index (χ0) is 14.8. The fraction of sp³-hybridized carbons (Fsp3) is 0.625. The van der Waals surface area contributed by atoms with Crippen molar-refractivity contribution in [3.8, 4) is 0 Å². The zero-order valence-electron chi connectivity index (χ0n) is 12.5. The van der Waals surface area contributed by atoms with Crippen molar-refractivity contribution >= 4 is 5.97 Å². The van der Waals surface area contributed by atoms with Crippen molar-refractivity contribution in [3.05, 3.63) is 29.6 Å². The summed E-state index contributed by atoms with van der Waals surface area (Å²) in [5, 5.41) is 12.5. The summed E-state index contributed by atoms with van der Waals surface area (Å²) in [5.41, 5.74) is 1.15. The minimum atomic E-state index is -0.926. The molecule has 1 aromatic rings. The van der Waals surface area contributed by atoms with Crippen LogP contribution in [-0.4, -0.2) is 46.1 Å². The summed E-state index contributed by atoms with van der Waals surface area (Å²) in [7, 11) is 2.26. The summed E-state index contributed by atoms with van der Waals surface area (Å²) >= 11 is 0. The molecular formula is C16H23N3O2. The van der Waals surface area contributed by atoms with Crippen LogP contribution in [0.2, 0.25) is 0 Å². The lowest BCUT2D eigenvalue weighted by Gasteiger charge is -2.47. The summed E-state index contributed by atoms with van der Waals surface area (Å²) in [6, 6.07) is 5.41. The molecule has 2 aliphatic heterocycles. The van der Waals surface area contributed by atoms with E-state index in [4.69, 9.17) is 5.11 Å². The molecule has 0 radical (unpaired) electrons.